The van der Waals surface area contributed by atoms with Gasteiger partial charge >= 0.3 is 5.69 Å². The van der Waals surface area contributed by atoms with Crippen molar-refractivity contribution in [2.75, 3.05) is 0 Å². The summed E-state index contributed by atoms with van der Waals surface area (Å²) in [7, 11) is 0. The molecule has 0 fully saturated rings. The topological polar surface area (TPSA) is 87.1 Å². The SMILES string of the molecule is Cc1ccc(-n2c(=O)c3c4c(sc3n(Cc3cccc([N+](=O)[O-])c3)c2=O)CCCCC4)cc1C. The largest absolute Gasteiger partial charge is 0.337 e. The van der Waals surface area contributed by atoms with Crippen molar-refractivity contribution in [1.82, 2.24) is 9.13 Å². The fourth-order valence-corrected chi connectivity index (χ4v) is 6.10. The van der Waals surface area contributed by atoms with Crippen molar-refractivity contribution in [1.29, 1.82) is 0 Å². The molecule has 0 atom stereocenters. The van der Waals surface area contributed by atoms with Gasteiger partial charge in [-0.25, -0.2) is 9.36 Å². The van der Waals surface area contributed by atoms with E-state index in [1.54, 1.807) is 22.8 Å². The molecule has 174 valence electrons. The van der Waals surface area contributed by atoms with Crippen molar-refractivity contribution in [3.63, 3.8) is 0 Å². The molecule has 0 spiro atoms. The normalized spacial score (nSPS) is 13.6. The zero-order valence-corrected chi connectivity index (χ0v) is 20.0. The maximum absolute atomic E-state index is 13.8. The van der Waals surface area contributed by atoms with Gasteiger partial charge in [0.2, 0.25) is 0 Å². The van der Waals surface area contributed by atoms with Crippen LogP contribution in [0.3, 0.4) is 0 Å². The minimum Gasteiger partial charge on any atom is -0.279 e. The van der Waals surface area contributed by atoms with Gasteiger partial charge in [-0.1, -0.05) is 24.6 Å². The molecule has 0 saturated heterocycles. The molecule has 0 amide bonds. The number of hydrogen-bond acceptors (Lipinski definition) is 5. The highest BCUT2D eigenvalue weighted by Gasteiger charge is 2.24. The van der Waals surface area contributed by atoms with Gasteiger partial charge in [-0.3, -0.25) is 19.5 Å². The van der Waals surface area contributed by atoms with Gasteiger partial charge in [0.15, 0.2) is 0 Å². The first-order chi connectivity index (χ1) is 16.3. The predicted octanol–water partition coefficient (Wildman–Crippen LogP) is 5.06. The molecular formula is C26H25N3O4S. The summed E-state index contributed by atoms with van der Waals surface area (Å²) in [5.41, 5.74) is 3.60. The molecule has 4 aromatic rings. The minimum absolute atomic E-state index is 0.0220. The van der Waals surface area contributed by atoms with Crippen LogP contribution in [0.4, 0.5) is 5.69 Å². The molecule has 2 aromatic carbocycles. The van der Waals surface area contributed by atoms with Crippen molar-refractivity contribution < 1.29 is 4.92 Å². The first kappa shape index (κ1) is 22.3. The summed E-state index contributed by atoms with van der Waals surface area (Å²) in [6, 6.07) is 11.9. The summed E-state index contributed by atoms with van der Waals surface area (Å²) in [6.45, 7) is 4.10. The number of rotatable bonds is 4. The first-order valence-corrected chi connectivity index (χ1v) is 12.3. The molecule has 34 heavy (non-hydrogen) atoms. The van der Waals surface area contributed by atoms with Crippen molar-refractivity contribution in [2.45, 2.75) is 52.5 Å². The lowest BCUT2D eigenvalue weighted by molar-refractivity contribution is -0.384. The zero-order chi connectivity index (χ0) is 24.0. The van der Waals surface area contributed by atoms with Crippen LogP contribution >= 0.6 is 11.3 Å². The molecule has 7 nitrogen and oxygen atoms in total. The summed E-state index contributed by atoms with van der Waals surface area (Å²) in [5.74, 6) is 0. The van der Waals surface area contributed by atoms with Gasteiger partial charge in [0, 0.05) is 17.0 Å². The third kappa shape index (κ3) is 3.77. The van der Waals surface area contributed by atoms with Crippen molar-refractivity contribution >= 4 is 27.2 Å². The molecule has 2 aromatic heterocycles. The first-order valence-electron chi connectivity index (χ1n) is 11.5. The number of nitro groups is 1. The summed E-state index contributed by atoms with van der Waals surface area (Å²) in [4.78, 5) is 40.3. The Bertz CT molecular complexity index is 1560. The molecule has 8 heteroatoms. The van der Waals surface area contributed by atoms with Crippen molar-refractivity contribution in [2.24, 2.45) is 0 Å². The van der Waals surface area contributed by atoms with Gasteiger partial charge in [-0.05, 0) is 73.9 Å². The fraction of sp³-hybridized carbons (Fsp3) is 0.308. The zero-order valence-electron chi connectivity index (χ0n) is 19.2. The number of aryl methyl sites for hydroxylation is 4. The summed E-state index contributed by atoms with van der Waals surface area (Å²) < 4.78 is 2.88. The van der Waals surface area contributed by atoms with E-state index < -0.39 is 10.6 Å². The smallest absolute Gasteiger partial charge is 0.279 e. The molecule has 0 bridgehead atoms. The number of fused-ring (bicyclic) bond motifs is 3. The van der Waals surface area contributed by atoms with E-state index in [4.69, 9.17) is 0 Å². The standard InChI is InChI=1S/C26H25N3O4S/c1-16-11-12-19(13-17(16)2)28-24(30)23-21-9-4-3-5-10-22(21)34-25(23)27(26(28)31)15-18-7-6-8-20(14-18)29(32)33/h6-8,11-14H,3-5,9-10,15H2,1-2H3. The lowest BCUT2D eigenvalue weighted by atomic mass is 10.1. The Balaban J connectivity index is 1.81. The third-order valence-electron chi connectivity index (χ3n) is 6.70. The van der Waals surface area contributed by atoms with E-state index in [-0.39, 0.29) is 17.8 Å². The number of non-ortho nitro benzene ring substituents is 1. The van der Waals surface area contributed by atoms with Crippen LogP contribution in [-0.2, 0) is 19.4 Å². The lowest BCUT2D eigenvalue weighted by Crippen LogP contribution is -2.39. The maximum Gasteiger partial charge on any atom is 0.337 e. The van der Waals surface area contributed by atoms with Crippen LogP contribution in [0.2, 0.25) is 0 Å². The van der Waals surface area contributed by atoms with Crippen molar-refractivity contribution in [3.05, 3.63) is 101 Å². The molecule has 0 radical (unpaired) electrons. The summed E-state index contributed by atoms with van der Waals surface area (Å²) >= 11 is 1.52. The summed E-state index contributed by atoms with van der Waals surface area (Å²) in [5, 5.41) is 11.9. The Hall–Kier alpha value is -3.52. The van der Waals surface area contributed by atoms with Crippen LogP contribution < -0.4 is 11.2 Å². The second-order valence-corrected chi connectivity index (χ2v) is 10.0. The second-order valence-electron chi connectivity index (χ2n) is 8.95. The highest BCUT2D eigenvalue weighted by Crippen LogP contribution is 2.34. The molecule has 0 saturated carbocycles. The molecule has 5 rings (SSSR count). The Morgan fingerprint density at radius 3 is 2.56 bits per heavy atom. The Morgan fingerprint density at radius 2 is 1.79 bits per heavy atom. The van der Waals surface area contributed by atoms with Gasteiger partial charge in [0.05, 0.1) is 22.5 Å². The Morgan fingerprint density at radius 1 is 1.00 bits per heavy atom. The number of nitro benzene ring substituents is 1. The van der Waals surface area contributed by atoms with E-state index >= 15 is 0 Å². The van der Waals surface area contributed by atoms with Gasteiger partial charge in [-0.2, -0.15) is 0 Å². The molecular weight excluding hydrogens is 450 g/mol. The minimum atomic E-state index is -0.439. The van der Waals surface area contributed by atoms with E-state index in [0.717, 1.165) is 48.8 Å². The van der Waals surface area contributed by atoms with E-state index in [1.807, 2.05) is 26.0 Å². The Kier molecular flexibility index (Phi) is 5.69. The van der Waals surface area contributed by atoms with Gasteiger partial charge in [0.1, 0.15) is 4.83 Å². The third-order valence-corrected chi connectivity index (χ3v) is 8.01. The van der Waals surface area contributed by atoms with E-state index in [0.29, 0.717) is 21.5 Å². The van der Waals surface area contributed by atoms with Crippen LogP contribution in [0, 0.1) is 24.0 Å². The average molecular weight is 476 g/mol. The lowest BCUT2D eigenvalue weighted by Gasteiger charge is -2.14. The average Bonchev–Trinajstić information content (AvgIpc) is 3.02. The van der Waals surface area contributed by atoms with Crippen LogP contribution in [0.5, 0.6) is 0 Å². The van der Waals surface area contributed by atoms with E-state index in [1.165, 1.54) is 32.9 Å². The van der Waals surface area contributed by atoms with E-state index in [2.05, 4.69) is 0 Å². The summed E-state index contributed by atoms with van der Waals surface area (Å²) in [6.07, 6.45) is 4.95. The number of nitrogens with zero attached hydrogens (tertiary/aromatic N) is 3. The fourth-order valence-electron chi connectivity index (χ4n) is 4.73. The Labute approximate surface area is 200 Å². The second kappa shape index (κ2) is 8.68. The van der Waals surface area contributed by atoms with Crippen LogP contribution in [-0.4, -0.2) is 14.1 Å². The molecule has 2 heterocycles. The van der Waals surface area contributed by atoms with Crippen LogP contribution in [0.1, 0.15) is 46.4 Å². The molecule has 0 unspecified atom stereocenters. The highest BCUT2D eigenvalue weighted by atomic mass is 32.1. The quantitative estimate of drug-likeness (QED) is 0.235. The molecule has 1 aliphatic rings. The number of thiophene rings is 1. The molecule has 0 aliphatic heterocycles. The van der Waals surface area contributed by atoms with Crippen molar-refractivity contribution in [3.8, 4) is 5.69 Å². The highest BCUT2D eigenvalue weighted by molar-refractivity contribution is 7.18. The number of benzene rings is 2. The van der Waals surface area contributed by atoms with Crippen LogP contribution in [0.25, 0.3) is 15.9 Å². The predicted molar refractivity (Wildman–Crippen MR) is 135 cm³/mol. The van der Waals surface area contributed by atoms with Gasteiger partial charge in [-0.15, -0.1) is 11.3 Å². The monoisotopic (exact) mass is 475 g/mol. The maximum atomic E-state index is 13.8. The van der Waals surface area contributed by atoms with Gasteiger partial charge in [0.25, 0.3) is 11.2 Å². The molecule has 0 N–H and O–H groups in total. The number of aromatic nitrogens is 2. The van der Waals surface area contributed by atoms with Crippen LogP contribution in [0.15, 0.2) is 52.1 Å². The van der Waals surface area contributed by atoms with E-state index in [9.17, 15) is 19.7 Å². The molecule has 1 aliphatic carbocycles. The van der Waals surface area contributed by atoms with Gasteiger partial charge < -0.3 is 0 Å². The number of hydrogen-bond donors (Lipinski definition) is 0.